The molecule has 0 aliphatic carbocycles. The number of nitrogens with two attached hydrogens (primary N) is 1. The standard InChI is InChI=1S/C16H23N3/c1-16(17)7-10-19(11-8-16)9-6-13-12-18-15-5-3-2-4-14(13)15/h2-5,12,18H,6-11,17H2,1H3. The number of piperidine rings is 1. The van der Waals surface area contributed by atoms with Gasteiger partial charge >= 0.3 is 0 Å². The van der Waals surface area contributed by atoms with Crippen LogP contribution in [-0.2, 0) is 6.42 Å². The predicted molar refractivity (Wildman–Crippen MR) is 80.3 cm³/mol. The van der Waals surface area contributed by atoms with E-state index in [4.69, 9.17) is 5.73 Å². The number of likely N-dealkylation sites (tertiary alicyclic amines) is 1. The Kier molecular flexibility index (Phi) is 3.33. The average Bonchev–Trinajstić information content (AvgIpc) is 2.81. The third-order valence-electron chi connectivity index (χ3n) is 4.37. The van der Waals surface area contributed by atoms with Crippen molar-refractivity contribution in [2.45, 2.75) is 31.7 Å². The Balaban J connectivity index is 1.61. The molecule has 3 N–H and O–H groups in total. The molecule has 1 fully saturated rings. The van der Waals surface area contributed by atoms with Gasteiger partial charge in [0.1, 0.15) is 0 Å². The second-order valence-corrected chi connectivity index (χ2v) is 6.11. The molecule has 1 saturated heterocycles. The molecule has 0 unspecified atom stereocenters. The van der Waals surface area contributed by atoms with Crippen LogP contribution >= 0.6 is 0 Å². The van der Waals surface area contributed by atoms with Gasteiger partial charge in [-0.1, -0.05) is 18.2 Å². The van der Waals surface area contributed by atoms with Gasteiger partial charge in [-0.25, -0.2) is 0 Å². The molecule has 0 spiro atoms. The van der Waals surface area contributed by atoms with Crippen molar-refractivity contribution in [3.8, 4) is 0 Å². The highest BCUT2D eigenvalue weighted by atomic mass is 15.1. The largest absolute Gasteiger partial charge is 0.361 e. The summed E-state index contributed by atoms with van der Waals surface area (Å²) in [4.78, 5) is 5.89. The second kappa shape index (κ2) is 4.99. The third-order valence-corrected chi connectivity index (χ3v) is 4.37. The highest BCUT2D eigenvalue weighted by molar-refractivity contribution is 5.83. The Labute approximate surface area is 114 Å². The van der Waals surface area contributed by atoms with Crippen molar-refractivity contribution < 1.29 is 0 Å². The van der Waals surface area contributed by atoms with Gasteiger partial charge in [0.15, 0.2) is 0 Å². The number of para-hydroxylation sites is 1. The molecular formula is C16H23N3. The number of rotatable bonds is 3. The fourth-order valence-electron chi connectivity index (χ4n) is 2.90. The summed E-state index contributed by atoms with van der Waals surface area (Å²) in [7, 11) is 0. The van der Waals surface area contributed by atoms with Crippen molar-refractivity contribution in [2.75, 3.05) is 19.6 Å². The van der Waals surface area contributed by atoms with Crippen LogP contribution < -0.4 is 5.73 Å². The fourth-order valence-corrected chi connectivity index (χ4v) is 2.90. The molecule has 0 radical (unpaired) electrons. The van der Waals surface area contributed by atoms with E-state index in [0.29, 0.717) is 0 Å². The van der Waals surface area contributed by atoms with Crippen LogP contribution in [0.15, 0.2) is 30.5 Å². The SMILES string of the molecule is CC1(N)CCN(CCc2c[nH]c3ccccc23)CC1. The van der Waals surface area contributed by atoms with Crippen molar-refractivity contribution in [3.63, 3.8) is 0 Å². The van der Waals surface area contributed by atoms with Gasteiger partial charge in [0.05, 0.1) is 0 Å². The summed E-state index contributed by atoms with van der Waals surface area (Å²) in [6, 6.07) is 8.53. The lowest BCUT2D eigenvalue weighted by molar-refractivity contribution is 0.173. The number of benzene rings is 1. The zero-order valence-corrected chi connectivity index (χ0v) is 11.7. The molecule has 0 amide bonds. The second-order valence-electron chi connectivity index (χ2n) is 6.11. The molecule has 0 atom stereocenters. The Morgan fingerprint density at radius 3 is 2.79 bits per heavy atom. The van der Waals surface area contributed by atoms with E-state index < -0.39 is 0 Å². The van der Waals surface area contributed by atoms with E-state index in [1.807, 2.05) is 0 Å². The van der Waals surface area contributed by atoms with Crippen LogP contribution in [0.5, 0.6) is 0 Å². The maximum absolute atomic E-state index is 6.17. The van der Waals surface area contributed by atoms with Gasteiger partial charge in [-0.05, 0) is 50.9 Å². The summed E-state index contributed by atoms with van der Waals surface area (Å²) in [5.41, 5.74) is 8.90. The normalized spacial score (nSPS) is 19.9. The zero-order valence-electron chi connectivity index (χ0n) is 11.7. The molecule has 1 aliphatic rings. The summed E-state index contributed by atoms with van der Waals surface area (Å²) in [5.74, 6) is 0. The fraction of sp³-hybridized carbons (Fsp3) is 0.500. The number of hydrogen-bond acceptors (Lipinski definition) is 2. The van der Waals surface area contributed by atoms with Crippen LogP contribution in [0.3, 0.4) is 0 Å². The molecule has 1 aromatic carbocycles. The lowest BCUT2D eigenvalue weighted by atomic mass is 9.91. The molecule has 1 aromatic heterocycles. The number of H-pyrrole nitrogens is 1. The van der Waals surface area contributed by atoms with E-state index in [1.54, 1.807) is 0 Å². The van der Waals surface area contributed by atoms with Crippen molar-refractivity contribution in [1.29, 1.82) is 0 Å². The molecule has 1 aliphatic heterocycles. The van der Waals surface area contributed by atoms with Gasteiger partial charge in [-0.3, -0.25) is 0 Å². The maximum atomic E-state index is 6.17. The molecule has 3 nitrogen and oxygen atoms in total. The molecule has 102 valence electrons. The number of fused-ring (bicyclic) bond motifs is 1. The van der Waals surface area contributed by atoms with Gasteiger partial charge in [0, 0.05) is 29.2 Å². The smallest absolute Gasteiger partial charge is 0.0456 e. The van der Waals surface area contributed by atoms with E-state index in [1.165, 1.54) is 16.5 Å². The average molecular weight is 257 g/mol. The quantitative estimate of drug-likeness (QED) is 0.887. The number of aromatic nitrogens is 1. The summed E-state index contributed by atoms with van der Waals surface area (Å²) in [5, 5.41) is 1.36. The third kappa shape index (κ3) is 2.82. The molecular weight excluding hydrogens is 234 g/mol. The highest BCUT2D eigenvalue weighted by Gasteiger charge is 2.25. The summed E-state index contributed by atoms with van der Waals surface area (Å²) >= 11 is 0. The minimum absolute atomic E-state index is 0.0529. The molecule has 2 aromatic rings. The number of nitrogens with zero attached hydrogens (tertiary/aromatic N) is 1. The number of aromatic amines is 1. The van der Waals surface area contributed by atoms with Gasteiger partial charge in [0.25, 0.3) is 0 Å². The number of hydrogen-bond donors (Lipinski definition) is 2. The van der Waals surface area contributed by atoms with Crippen molar-refractivity contribution in [2.24, 2.45) is 5.73 Å². The Morgan fingerprint density at radius 2 is 2.00 bits per heavy atom. The molecule has 3 heteroatoms. The predicted octanol–water partition coefficient (Wildman–Crippen LogP) is 2.52. The summed E-state index contributed by atoms with van der Waals surface area (Å²) in [6.07, 6.45) is 5.49. The number of nitrogens with one attached hydrogen (secondary N) is 1. The summed E-state index contributed by atoms with van der Waals surface area (Å²) in [6.45, 7) is 5.58. The van der Waals surface area contributed by atoms with Crippen LogP contribution in [0.2, 0.25) is 0 Å². The van der Waals surface area contributed by atoms with E-state index in [2.05, 4.69) is 47.3 Å². The van der Waals surface area contributed by atoms with Gasteiger partial charge in [-0.15, -0.1) is 0 Å². The highest BCUT2D eigenvalue weighted by Crippen LogP contribution is 2.21. The van der Waals surface area contributed by atoms with Gasteiger partial charge < -0.3 is 15.6 Å². The first kappa shape index (κ1) is 12.7. The van der Waals surface area contributed by atoms with Crippen molar-refractivity contribution in [3.05, 3.63) is 36.0 Å². The first-order valence-corrected chi connectivity index (χ1v) is 7.20. The monoisotopic (exact) mass is 257 g/mol. The zero-order chi connectivity index (χ0) is 13.3. The molecule has 19 heavy (non-hydrogen) atoms. The molecule has 0 bridgehead atoms. The lowest BCUT2D eigenvalue weighted by Gasteiger charge is -2.36. The van der Waals surface area contributed by atoms with E-state index >= 15 is 0 Å². The van der Waals surface area contributed by atoms with Gasteiger partial charge in [0.2, 0.25) is 0 Å². The minimum atomic E-state index is 0.0529. The minimum Gasteiger partial charge on any atom is -0.361 e. The van der Waals surface area contributed by atoms with Crippen LogP contribution in [0.25, 0.3) is 10.9 Å². The molecule has 2 heterocycles. The van der Waals surface area contributed by atoms with Crippen LogP contribution in [0.1, 0.15) is 25.3 Å². The Bertz CT molecular complexity index is 546. The molecule has 0 saturated carbocycles. The first-order chi connectivity index (χ1) is 9.14. The summed E-state index contributed by atoms with van der Waals surface area (Å²) < 4.78 is 0. The van der Waals surface area contributed by atoms with E-state index in [9.17, 15) is 0 Å². The van der Waals surface area contributed by atoms with Crippen LogP contribution in [-0.4, -0.2) is 35.1 Å². The van der Waals surface area contributed by atoms with E-state index in [0.717, 1.165) is 38.9 Å². The Hall–Kier alpha value is -1.32. The maximum Gasteiger partial charge on any atom is 0.0456 e. The topological polar surface area (TPSA) is 45.0 Å². The van der Waals surface area contributed by atoms with Crippen LogP contribution in [0.4, 0.5) is 0 Å². The first-order valence-electron chi connectivity index (χ1n) is 7.20. The van der Waals surface area contributed by atoms with E-state index in [-0.39, 0.29) is 5.54 Å². The van der Waals surface area contributed by atoms with Crippen LogP contribution in [0, 0.1) is 0 Å². The lowest BCUT2D eigenvalue weighted by Crippen LogP contribution is -2.48. The van der Waals surface area contributed by atoms with Crippen molar-refractivity contribution in [1.82, 2.24) is 9.88 Å². The van der Waals surface area contributed by atoms with Gasteiger partial charge in [-0.2, -0.15) is 0 Å². The Morgan fingerprint density at radius 1 is 1.26 bits per heavy atom. The molecule has 3 rings (SSSR count). The van der Waals surface area contributed by atoms with Crippen molar-refractivity contribution >= 4 is 10.9 Å².